The molecular weight excluding hydrogens is 351 g/mol. The van der Waals surface area contributed by atoms with Gasteiger partial charge in [0.25, 0.3) is 5.91 Å². The van der Waals surface area contributed by atoms with Gasteiger partial charge in [-0.15, -0.1) is 0 Å². The van der Waals surface area contributed by atoms with Crippen molar-refractivity contribution in [3.63, 3.8) is 0 Å². The molecule has 1 amide bonds. The number of hydrogen-bond donors (Lipinski definition) is 3. The van der Waals surface area contributed by atoms with Crippen molar-refractivity contribution in [3.05, 3.63) is 65.2 Å². The number of aryl methyl sites for hydroxylation is 1. The number of amides is 1. The Hall–Kier alpha value is -2.35. The Morgan fingerprint density at radius 3 is 2.85 bits per heavy atom. The van der Waals surface area contributed by atoms with Crippen LogP contribution in [0.1, 0.15) is 41.1 Å². The van der Waals surface area contributed by atoms with Crippen LogP contribution >= 0.6 is 0 Å². The summed E-state index contributed by atoms with van der Waals surface area (Å²) in [6, 6.07) is 9.29. The molecule has 1 aliphatic rings. The van der Waals surface area contributed by atoms with E-state index in [2.05, 4.69) is 10.3 Å². The zero-order chi connectivity index (χ0) is 19.6. The van der Waals surface area contributed by atoms with Crippen molar-refractivity contribution in [2.24, 2.45) is 0 Å². The maximum Gasteiger partial charge on any atom is 0.252 e. The lowest BCUT2D eigenvalue weighted by Gasteiger charge is -2.44. The summed E-state index contributed by atoms with van der Waals surface area (Å²) in [6.07, 6.45) is -1.00. The summed E-state index contributed by atoms with van der Waals surface area (Å²) in [5.41, 5.74) is 0.112. The Bertz CT molecular complexity index is 814. The van der Waals surface area contributed by atoms with Crippen LogP contribution in [0.5, 0.6) is 0 Å². The van der Waals surface area contributed by atoms with Crippen molar-refractivity contribution >= 4 is 5.91 Å². The number of nitrogens with zero attached hydrogens (tertiary/aromatic N) is 1. The van der Waals surface area contributed by atoms with E-state index in [1.165, 1.54) is 18.3 Å². The molecule has 27 heavy (non-hydrogen) atoms. The molecule has 2 heterocycles. The average molecular weight is 374 g/mol. The van der Waals surface area contributed by atoms with E-state index in [4.69, 9.17) is 4.74 Å². The van der Waals surface area contributed by atoms with Crippen LogP contribution in [0.25, 0.3) is 0 Å². The lowest BCUT2D eigenvalue weighted by Crippen LogP contribution is -2.59. The van der Waals surface area contributed by atoms with E-state index in [9.17, 15) is 19.4 Å². The Balaban J connectivity index is 1.73. The number of aliphatic hydroxyl groups is 2. The summed E-state index contributed by atoms with van der Waals surface area (Å²) in [7, 11) is 0. The molecule has 2 aromatic rings. The van der Waals surface area contributed by atoms with Gasteiger partial charge in [0.2, 0.25) is 0 Å². The fourth-order valence-electron chi connectivity index (χ4n) is 3.28. The van der Waals surface area contributed by atoms with Gasteiger partial charge in [0.1, 0.15) is 17.5 Å². The molecule has 6 nitrogen and oxygen atoms in total. The summed E-state index contributed by atoms with van der Waals surface area (Å²) in [5.74, 6) is -0.803. The van der Waals surface area contributed by atoms with E-state index in [0.29, 0.717) is 11.1 Å². The minimum atomic E-state index is -1.61. The van der Waals surface area contributed by atoms with E-state index in [1.54, 1.807) is 31.2 Å². The van der Waals surface area contributed by atoms with Crippen molar-refractivity contribution in [1.82, 2.24) is 10.3 Å². The Morgan fingerprint density at radius 1 is 1.41 bits per heavy atom. The number of carbonyl (C=O) groups excluding carboxylic acids is 1. The van der Waals surface area contributed by atoms with Crippen LogP contribution in [0.4, 0.5) is 4.39 Å². The summed E-state index contributed by atoms with van der Waals surface area (Å²) < 4.78 is 19.3. The molecule has 144 valence electrons. The first-order valence-electron chi connectivity index (χ1n) is 8.81. The number of benzene rings is 1. The van der Waals surface area contributed by atoms with Crippen molar-refractivity contribution < 1.29 is 24.1 Å². The van der Waals surface area contributed by atoms with Crippen LogP contribution in [-0.2, 0) is 4.74 Å². The first kappa shape index (κ1) is 19.4. The molecule has 1 fully saturated rings. The second-order valence-electron chi connectivity index (χ2n) is 7.01. The molecule has 3 N–H and O–H groups in total. The molecule has 1 saturated heterocycles. The van der Waals surface area contributed by atoms with Crippen molar-refractivity contribution in [2.45, 2.75) is 44.2 Å². The number of halogens is 1. The number of pyridine rings is 1. The summed E-state index contributed by atoms with van der Waals surface area (Å²) >= 11 is 0. The van der Waals surface area contributed by atoms with Crippen molar-refractivity contribution in [3.8, 4) is 0 Å². The van der Waals surface area contributed by atoms with E-state index >= 15 is 0 Å². The Labute approximate surface area is 157 Å². The first-order valence-corrected chi connectivity index (χ1v) is 8.81. The minimum absolute atomic E-state index is 0.0222. The number of ether oxygens (including phenoxy) is 1. The monoisotopic (exact) mass is 374 g/mol. The van der Waals surface area contributed by atoms with E-state index in [1.807, 2.05) is 6.92 Å². The molecular formula is C20H23FN2O4. The van der Waals surface area contributed by atoms with Gasteiger partial charge in [0, 0.05) is 24.9 Å². The smallest absolute Gasteiger partial charge is 0.252 e. The van der Waals surface area contributed by atoms with Crippen LogP contribution in [-0.4, -0.2) is 45.5 Å². The third-order valence-corrected chi connectivity index (χ3v) is 4.86. The molecule has 0 bridgehead atoms. The molecule has 0 unspecified atom stereocenters. The Morgan fingerprint density at radius 2 is 2.19 bits per heavy atom. The highest BCUT2D eigenvalue weighted by Crippen LogP contribution is 2.37. The van der Waals surface area contributed by atoms with Gasteiger partial charge in [-0.2, -0.15) is 0 Å². The summed E-state index contributed by atoms with van der Waals surface area (Å²) in [6.45, 7) is 3.28. The zero-order valence-electron chi connectivity index (χ0n) is 15.2. The number of rotatable bonds is 4. The first-order chi connectivity index (χ1) is 12.8. The van der Waals surface area contributed by atoms with Gasteiger partial charge >= 0.3 is 0 Å². The van der Waals surface area contributed by atoms with Gasteiger partial charge < -0.3 is 20.3 Å². The molecule has 0 spiro atoms. The largest absolute Gasteiger partial charge is 0.387 e. The fraction of sp³-hybridized carbons (Fsp3) is 0.400. The van der Waals surface area contributed by atoms with E-state index in [0.717, 1.165) is 5.69 Å². The number of aromatic nitrogens is 1. The fourth-order valence-corrected chi connectivity index (χ4v) is 3.28. The molecule has 0 aliphatic carbocycles. The van der Waals surface area contributed by atoms with Crippen LogP contribution < -0.4 is 5.32 Å². The highest BCUT2D eigenvalue weighted by molar-refractivity contribution is 5.93. The highest BCUT2D eigenvalue weighted by Gasteiger charge is 2.47. The van der Waals surface area contributed by atoms with Crippen LogP contribution in [0.3, 0.4) is 0 Å². The lowest BCUT2D eigenvalue weighted by atomic mass is 9.82. The van der Waals surface area contributed by atoms with Crippen molar-refractivity contribution in [1.29, 1.82) is 0 Å². The predicted molar refractivity (Wildman–Crippen MR) is 96.6 cm³/mol. The lowest BCUT2D eigenvalue weighted by molar-refractivity contribution is -0.210. The number of aliphatic hydroxyl groups excluding tert-OH is 1. The maximum atomic E-state index is 13.5. The van der Waals surface area contributed by atoms with Crippen LogP contribution in [0.15, 0.2) is 42.6 Å². The molecule has 0 saturated carbocycles. The van der Waals surface area contributed by atoms with Gasteiger partial charge in [-0.05, 0) is 43.7 Å². The van der Waals surface area contributed by atoms with Gasteiger partial charge in [0.05, 0.1) is 17.8 Å². The molecule has 7 heteroatoms. The quantitative estimate of drug-likeness (QED) is 0.760. The van der Waals surface area contributed by atoms with E-state index in [-0.39, 0.29) is 13.0 Å². The third-order valence-electron chi connectivity index (χ3n) is 4.86. The summed E-state index contributed by atoms with van der Waals surface area (Å²) in [4.78, 5) is 16.4. The second-order valence-corrected chi connectivity index (χ2v) is 7.01. The molecule has 1 aliphatic heterocycles. The molecule has 3 rings (SSSR count). The van der Waals surface area contributed by atoms with Gasteiger partial charge in [-0.3, -0.25) is 9.78 Å². The van der Waals surface area contributed by atoms with Gasteiger partial charge in [0.15, 0.2) is 0 Å². The van der Waals surface area contributed by atoms with Crippen molar-refractivity contribution in [2.75, 3.05) is 6.54 Å². The summed E-state index contributed by atoms with van der Waals surface area (Å²) in [5, 5.41) is 24.1. The molecule has 0 radical (unpaired) electrons. The second kappa shape index (κ2) is 7.72. The standard InChI is InChI=1S/C20H23FN2O4/c1-12-6-7-15(10-22-12)19(25)23-11-20(26)9-17(27-13(2)18(20)24)14-4-3-5-16(21)8-14/h3-8,10,13,17-18,24,26H,9,11H2,1-2H3,(H,23,25)/t13-,17-,18-,20-/m1/s1. The highest BCUT2D eigenvalue weighted by atomic mass is 19.1. The Kier molecular flexibility index (Phi) is 5.55. The van der Waals surface area contributed by atoms with Gasteiger partial charge in [-0.25, -0.2) is 4.39 Å². The number of hydrogen-bond acceptors (Lipinski definition) is 5. The molecule has 1 aromatic carbocycles. The minimum Gasteiger partial charge on any atom is -0.387 e. The van der Waals surface area contributed by atoms with E-state index < -0.39 is 35.6 Å². The van der Waals surface area contributed by atoms with Crippen LogP contribution in [0.2, 0.25) is 0 Å². The SMILES string of the molecule is Cc1ccc(C(=O)NC[C@]2(O)C[C@H](c3cccc(F)c3)O[C@H](C)[C@H]2O)cn1. The van der Waals surface area contributed by atoms with Gasteiger partial charge in [-0.1, -0.05) is 12.1 Å². The maximum absolute atomic E-state index is 13.5. The zero-order valence-corrected chi connectivity index (χ0v) is 15.2. The van der Waals surface area contributed by atoms with Crippen LogP contribution in [0, 0.1) is 12.7 Å². The number of carbonyl (C=O) groups is 1. The predicted octanol–water partition coefficient (Wildman–Crippen LogP) is 1.90. The third kappa shape index (κ3) is 4.32. The average Bonchev–Trinajstić information content (AvgIpc) is 2.64. The molecule has 1 aromatic heterocycles. The topological polar surface area (TPSA) is 91.7 Å². The number of nitrogens with one attached hydrogen (secondary N) is 1. The molecule has 4 atom stereocenters. The normalized spacial score (nSPS) is 28.0.